The Balaban J connectivity index is 2.08. The fourth-order valence-electron chi connectivity index (χ4n) is 1.77. The molecule has 106 valence electrons. The van der Waals surface area contributed by atoms with Gasteiger partial charge in [-0.2, -0.15) is 0 Å². The lowest BCUT2D eigenvalue weighted by Gasteiger charge is -2.10. The molecule has 0 spiro atoms. The first-order valence-electron chi connectivity index (χ1n) is 6.23. The highest BCUT2D eigenvalue weighted by Crippen LogP contribution is 2.27. The maximum absolute atomic E-state index is 13.6. The molecule has 0 saturated carbocycles. The summed E-state index contributed by atoms with van der Waals surface area (Å²) in [5, 5.41) is 12.9. The van der Waals surface area contributed by atoms with E-state index in [0.717, 1.165) is 5.56 Å². The summed E-state index contributed by atoms with van der Waals surface area (Å²) in [6.07, 6.45) is 0. The van der Waals surface area contributed by atoms with Gasteiger partial charge in [0, 0.05) is 11.6 Å². The Morgan fingerprint density at radius 1 is 1.25 bits per heavy atom. The molecule has 0 amide bonds. The van der Waals surface area contributed by atoms with E-state index in [0.29, 0.717) is 29.6 Å². The molecular formula is C15H15ClFNO2. The number of nitrogens with one attached hydrogen (secondary N) is 1. The van der Waals surface area contributed by atoms with Crippen molar-refractivity contribution in [1.29, 1.82) is 0 Å². The number of rotatable bonds is 5. The molecule has 0 bridgehead atoms. The molecule has 2 aromatic rings. The van der Waals surface area contributed by atoms with E-state index in [2.05, 4.69) is 5.32 Å². The van der Waals surface area contributed by atoms with Crippen molar-refractivity contribution in [3.05, 3.63) is 52.8 Å². The highest BCUT2D eigenvalue weighted by molar-refractivity contribution is 6.30. The maximum Gasteiger partial charge on any atom is 0.161 e. The predicted octanol–water partition coefficient (Wildman–Crippen LogP) is 4.20. The third-order valence-electron chi connectivity index (χ3n) is 2.74. The minimum absolute atomic E-state index is 0.0910. The van der Waals surface area contributed by atoms with E-state index in [9.17, 15) is 9.50 Å². The van der Waals surface area contributed by atoms with Crippen LogP contribution in [0.1, 0.15) is 12.5 Å². The Hall–Kier alpha value is -1.94. The van der Waals surface area contributed by atoms with E-state index < -0.39 is 5.82 Å². The molecule has 0 heterocycles. The summed E-state index contributed by atoms with van der Waals surface area (Å²) in [4.78, 5) is 0. The second-order valence-corrected chi connectivity index (χ2v) is 4.65. The van der Waals surface area contributed by atoms with Gasteiger partial charge >= 0.3 is 0 Å². The van der Waals surface area contributed by atoms with Gasteiger partial charge in [0.1, 0.15) is 5.82 Å². The Labute approximate surface area is 122 Å². The van der Waals surface area contributed by atoms with Crippen LogP contribution in [-0.4, -0.2) is 11.7 Å². The first kappa shape index (κ1) is 14.5. The Kier molecular flexibility index (Phi) is 4.69. The molecule has 2 N–H and O–H groups in total. The van der Waals surface area contributed by atoms with Crippen LogP contribution < -0.4 is 10.1 Å². The summed E-state index contributed by atoms with van der Waals surface area (Å²) in [5.41, 5.74) is 1.25. The largest absolute Gasteiger partial charge is 0.504 e. The van der Waals surface area contributed by atoms with E-state index in [4.69, 9.17) is 16.3 Å². The number of hydrogen-bond donors (Lipinski definition) is 2. The van der Waals surface area contributed by atoms with Crippen LogP contribution in [0.15, 0.2) is 36.4 Å². The highest BCUT2D eigenvalue weighted by Gasteiger charge is 2.05. The molecule has 0 aliphatic heterocycles. The van der Waals surface area contributed by atoms with Gasteiger partial charge in [-0.15, -0.1) is 0 Å². The minimum atomic E-state index is -0.402. The zero-order valence-corrected chi connectivity index (χ0v) is 11.7. The van der Waals surface area contributed by atoms with Crippen molar-refractivity contribution in [2.75, 3.05) is 11.9 Å². The summed E-state index contributed by atoms with van der Waals surface area (Å²) in [6.45, 7) is 2.72. The van der Waals surface area contributed by atoms with Gasteiger partial charge in [-0.1, -0.05) is 17.7 Å². The average Bonchev–Trinajstić information content (AvgIpc) is 2.41. The molecule has 20 heavy (non-hydrogen) atoms. The van der Waals surface area contributed by atoms with Crippen molar-refractivity contribution in [2.45, 2.75) is 13.5 Å². The van der Waals surface area contributed by atoms with Gasteiger partial charge in [0.05, 0.1) is 12.3 Å². The molecular weight excluding hydrogens is 281 g/mol. The van der Waals surface area contributed by atoms with Crippen LogP contribution in [0, 0.1) is 5.82 Å². The number of phenols is 1. The van der Waals surface area contributed by atoms with Gasteiger partial charge in [0.25, 0.3) is 0 Å². The van der Waals surface area contributed by atoms with Crippen molar-refractivity contribution in [1.82, 2.24) is 0 Å². The number of benzene rings is 2. The van der Waals surface area contributed by atoms with Gasteiger partial charge in [-0.3, -0.25) is 0 Å². The third kappa shape index (κ3) is 3.54. The number of anilines is 1. The van der Waals surface area contributed by atoms with Crippen molar-refractivity contribution in [3.8, 4) is 11.5 Å². The summed E-state index contributed by atoms with van der Waals surface area (Å²) in [6, 6.07) is 9.49. The van der Waals surface area contributed by atoms with Crippen LogP contribution in [0.25, 0.3) is 0 Å². The second-order valence-electron chi connectivity index (χ2n) is 4.21. The maximum atomic E-state index is 13.6. The molecule has 0 aliphatic carbocycles. The van der Waals surface area contributed by atoms with Crippen LogP contribution in [0.5, 0.6) is 11.5 Å². The van der Waals surface area contributed by atoms with E-state index in [-0.39, 0.29) is 5.75 Å². The molecule has 3 nitrogen and oxygen atoms in total. The predicted molar refractivity (Wildman–Crippen MR) is 78.0 cm³/mol. The quantitative estimate of drug-likeness (QED) is 0.869. The van der Waals surface area contributed by atoms with Crippen LogP contribution in [0.4, 0.5) is 10.1 Å². The van der Waals surface area contributed by atoms with E-state index in [1.807, 2.05) is 6.92 Å². The van der Waals surface area contributed by atoms with Crippen LogP contribution in [-0.2, 0) is 6.54 Å². The molecule has 2 aromatic carbocycles. The van der Waals surface area contributed by atoms with Gasteiger partial charge < -0.3 is 15.2 Å². The standard InChI is InChI=1S/C15H15ClFNO2/c1-2-20-15-7-10(3-6-14(15)19)9-18-13-5-4-11(16)8-12(13)17/h3-8,18-19H,2,9H2,1H3. The fraction of sp³-hybridized carbons (Fsp3) is 0.200. The molecule has 0 saturated heterocycles. The van der Waals surface area contributed by atoms with Gasteiger partial charge in [-0.25, -0.2) is 4.39 Å². The minimum Gasteiger partial charge on any atom is -0.504 e. The lowest BCUT2D eigenvalue weighted by molar-refractivity contribution is 0.318. The number of phenolic OH excluding ortho intramolecular Hbond substituents is 1. The Morgan fingerprint density at radius 2 is 2.05 bits per heavy atom. The smallest absolute Gasteiger partial charge is 0.161 e. The van der Waals surface area contributed by atoms with Gasteiger partial charge in [0.2, 0.25) is 0 Å². The Morgan fingerprint density at radius 3 is 2.75 bits per heavy atom. The summed E-state index contributed by atoms with van der Waals surface area (Å²) in [7, 11) is 0. The SMILES string of the molecule is CCOc1cc(CNc2ccc(Cl)cc2F)ccc1O. The zero-order valence-electron chi connectivity index (χ0n) is 11.0. The average molecular weight is 296 g/mol. The molecule has 5 heteroatoms. The number of ether oxygens (including phenoxy) is 1. The molecule has 0 unspecified atom stereocenters. The number of halogens is 2. The van der Waals surface area contributed by atoms with E-state index >= 15 is 0 Å². The van der Waals surface area contributed by atoms with Crippen LogP contribution >= 0.6 is 11.6 Å². The molecule has 2 rings (SSSR count). The lowest BCUT2D eigenvalue weighted by atomic mass is 10.2. The molecule has 0 atom stereocenters. The van der Waals surface area contributed by atoms with Crippen molar-refractivity contribution in [2.24, 2.45) is 0 Å². The summed E-state index contributed by atoms with van der Waals surface area (Å²) in [5.74, 6) is 0.109. The normalized spacial score (nSPS) is 10.3. The van der Waals surface area contributed by atoms with Crippen molar-refractivity contribution >= 4 is 17.3 Å². The zero-order chi connectivity index (χ0) is 14.5. The lowest BCUT2D eigenvalue weighted by Crippen LogP contribution is -2.02. The first-order valence-corrected chi connectivity index (χ1v) is 6.61. The number of hydrogen-bond acceptors (Lipinski definition) is 3. The van der Waals surface area contributed by atoms with Crippen LogP contribution in [0.2, 0.25) is 5.02 Å². The van der Waals surface area contributed by atoms with Crippen LogP contribution in [0.3, 0.4) is 0 Å². The summed E-state index contributed by atoms with van der Waals surface area (Å²) >= 11 is 5.69. The molecule has 0 aliphatic rings. The number of aromatic hydroxyl groups is 1. The fourth-order valence-corrected chi connectivity index (χ4v) is 1.93. The third-order valence-corrected chi connectivity index (χ3v) is 2.97. The highest BCUT2D eigenvalue weighted by atomic mass is 35.5. The molecule has 0 radical (unpaired) electrons. The van der Waals surface area contributed by atoms with Gasteiger partial charge in [0.15, 0.2) is 11.5 Å². The topological polar surface area (TPSA) is 41.5 Å². The Bertz CT molecular complexity index is 604. The first-order chi connectivity index (χ1) is 9.60. The molecule has 0 fully saturated rings. The van der Waals surface area contributed by atoms with E-state index in [1.165, 1.54) is 6.07 Å². The second kappa shape index (κ2) is 6.48. The molecule has 0 aromatic heterocycles. The summed E-state index contributed by atoms with van der Waals surface area (Å²) < 4.78 is 18.9. The monoisotopic (exact) mass is 295 g/mol. The van der Waals surface area contributed by atoms with E-state index in [1.54, 1.807) is 30.3 Å². The van der Waals surface area contributed by atoms with Gasteiger partial charge in [-0.05, 0) is 42.8 Å². The van der Waals surface area contributed by atoms with Crippen molar-refractivity contribution < 1.29 is 14.2 Å². The van der Waals surface area contributed by atoms with Crippen molar-refractivity contribution in [3.63, 3.8) is 0 Å².